The zero-order valence-corrected chi connectivity index (χ0v) is 6.24. The fraction of sp³-hybridized carbons (Fsp3) is 0.250. The molecule has 3 nitrogen and oxygen atoms in total. The largest absolute Gasteiger partial charge is 0.291 e. The standard InChI is InChI=1S/C8H8N2O/c1-3-4-8(11)7-5-6-10(2)9-7/h1,5-6H,4H2,2H3. The van der Waals surface area contributed by atoms with Crippen LogP contribution in [0.15, 0.2) is 12.3 Å². The van der Waals surface area contributed by atoms with Crippen LogP contribution in [-0.4, -0.2) is 15.6 Å². The number of Topliss-reactive ketones (excluding diaryl/α,β-unsaturated/α-hetero) is 1. The average Bonchev–Trinajstić information content (AvgIpc) is 2.36. The van der Waals surface area contributed by atoms with E-state index in [1.165, 1.54) is 0 Å². The summed E-state index contributed by atoms with van der Waals surface area (Å²) in [5, 5.41) is 3.90. The van der Waals surface area contributed by atoms with Gasteiger partial charge in [0.25, 0.3) is 0 Å². The van der Waals surface area contributed by atoms with Crippen molar-refractivity contribution in [2.45, 2.75) is 6.42 Å². The summed E-state index contributed by atoms with van der Waals surface area (Å²) in [5.74, 6) is 2.17. The van der Waals surface area contributed by atoms with Crippen molar-refractivity contribution in [1.29, 1.82) is 0 Å². The lowest BCUT2D eigenvalue weighted by atomic mass is 10.2. The molecule has 0 amide bonds. The highest BCUT2D eigenvalue weighted by Crippen LogP contribution is 1.97. The molecule has 0 spiro atoms. The van der Waals surface area contributed by atoms with E-state index in [9.17, 15) is 4.79 Å². The van der Waals surface area contributed by atoms with Crippen LogP contribution in [0.4, 0.5) is 0 Å². The molecule has 1 heterocycles. The summed E-state index contributed by atoms with van der Waals surface area (Å²) in [6, 6.07) is 1.65. The smallest absolute Gasteiger partial charge is 0.194 e. The molecule has 56 valence electrons. The van der Waals surface area contributed by atoms with Gasteiger partial charge in [-0.1, -0.05) is 5.92 Å². The highest BCUT2D eigenvalue weighted by Gasteiger charge is 2.05. The molecule has 0 N–H and O–H groups in total. The summed E-state index contributed by atoms with van der Waals surface area (Å²) in [4.78, 5) is 11.0. The Labute approximate surface area is 65.0 Å². The highest BCUT2D eigenvalue weighted by molar-refractivity contribution is 5.95. The number of carbonyl (C=O) groups is 1. The third kappa shape index (κ3) is 1.68. The highest BCUT2D eigenvalue weighted by atomic mass is 16.1. The van der Waals surface area contributed by atoms with Crippen LogP contribution in [0.25, 0.3) is 0 Å². The van der Waals surface area contributed by atoms with Gasteiger partial charge in [0.2, 0.25) is 0 Å². The Morgan fingerprint density at radius 2 is 2.64 bits per heavy atom. The summed E-state index contributed by atoms with van der Waals surface area (Å²) in [6.07, 6.45) is 6.80. The lowest BCUT2D eigenvalue weighted by Crippen LogP contribution is -1.99. The van der Waals surface area contributed by atoms with Crippen molar-refractivity contribution >= 4 is 5.78 Å². The minimum atomic E-state index is -0.104. The zero-order valence-electron chi connectivity index (χ0n) is 6.24. The van der Waals surface area contributed by atoms with E-state index in [1.54, 1.807) is 24.0 Å². The summed E-state index contributed by atoms with van der Waals surface area (Å²) < 4.78 is 1.57. The Kier molecular flexibility index (Phi) is 2.07. The van der Waals surface area contributed by atoms with E-state index in [-0.39, 0.29) is 12.2 Å². The second-order valence-corrected chi connectivity index (χ2v) is 2.18. The van der Waals surface area contributed by atoms with Gasteiger partial charge in [-0.2, -0.15) is 5.10 Å². The molecule has 0 aromatic carbocycles. The van der Waals surface area contributed by atoms with Gasteiger partial charge in [-0.05, 0) is 6.07 Å². The molecular weight excluding hydrogens is 140 g/mol. The van der Waals surface area contributed by atoms with Crippen molar-refractivity contribution < 1.29 is 4.79 Å². The van der Waals surface area contributed by atoms with Crippen molar-refractivity contribution in [1.82, 2.24) is 9.78 Å². The van der Waals surface area contributed by atoms with Gasteiger partial charge in [0.15, 0.2) is 5.78 Å². The van der Waals surface area contributed by atoms with E-state index in [1.807, 2.05) is 0 Å². The summed E-state index contributed by atoms with van der Waals surface area (Å²) in [6.45, 7) is 0. The number of ketones is 1. The number of rotatable bonds is 2. The number of carbonyl (C=O) groups excluding carboxylic acids is 1. The maximum atomic E-state index is 11.0. The first-order valence-electron chi connectivity index (χ1n) is 3.20. The molecule has 0 aliphatic heterocycles. The molecule has 1 aromatic heterocycles. The predicted molar refractivity (Wildman–Crippen MR) is 41.0 cm³/mol. The Morgan fingerprint density at radius 1 is 1.91 bits per heavy atom. The lowest BCUT2D eigenvalue weighted by molar-refractivity contribution is 0.0993. The van der Waals surface area contributed by atoms with E-state index in [0.29, 0.717) is 5.69 Å². The predicted octanol–water partition coefficient (Wildman–Crippen LogP) is 0.626. The monoisotopic (exact) mass is 148 g/mol. The molecule has 11 heavy (non-hydrogen) atoms. The third-order valence-electron chi connectivity index (χ3n) is 1.26. The fourth-order valence-electron chi connectivity index (χ4n) is 0.747. The van der Waals surface area contributed by atoms with E-state index in [4.69, 9.17) is 6.42 Å². The molecule has 0 unspecified atom stereocenters. The first kappa shape index (κ1) is 7.55. The van der Waals surface area contributed by atoms with Crippen LogP contribution in [0.2, 0.25) is 0 Å². The fourth-order valence-corrected chi connectivity index (χ4v) is 0.747. The molecule has 0 aliphatic carbocycles. The molecule has 0 saturated heterocycles. The van der Waals surface area contributed by atoms with Gasteiger partial charge in [0, 0.05) is 13.2 Å². The van der Waals surface area contributed by atoms with Crippen molar-refractivity contribution in [3.05, 3.63) is 18.0 Å². The van der Waals surface area contributed by atoms with Crippen molar-refractivity contribution in [3.8, 4) is 12.3 Å². The van der Waals surface area contributed by atoms with Crippen molar-refractivity contribution in [2.75, 3.05) is 0 Å². The minimum absolute atomic E-state index is 0.104. The number of terminal acetylenes is 1. The minimum Gasteiger partial charge on any atom is -0.291 e. The molecule has 1 aromatic rings. The van der Waals surface area contributed by atoms with E-state index in [0.717, 1.165) is 0 Å². The van der Waals surface area contributed by atoms with E-state index < -0.39 is 0 Å². The van der Waals surface area contributed by atoms with Crippen LogP contribution >= 0.6 is 0 Å². The van der Waals surface area contributed by atoms with Gasteiger partial charge in [0.1, 0.15) is 5.69 Å². The maximum absolute atomic E-state index is 11.0. The van der Waals surface area contributed by atoms with Crippen molar-refractivity contribution in [2.24, 2.45) is 7.05 Å². The molecule has 0 fully saturated rings. The molecule has 0 radical (unpaired) electrons. The topological polar surface area (TPSA) is 34.9 Å². The molecule has 0 bridgehead atoms. The zero-order chi connectivity index (χ0) is 8.27. The van der Waals surface area contributed by atoms with Gasteiger partial charge >= 0.3 is 0 Å². The molecule has 3 heteroatoms. The van der Waals surface area contributed by atoms with Gasteiger partial charge in [-0.15, -0.1) is 6.42 Å². The number of hydrogen-bond donors (Lipinski definition) is 0. The van der Waals surface area contributed by atoms with Crippen LogP contribution in [0.1, 0.15) is 16.9 Å². The number of aryl methyl sites for hydroxylation is 1. The van der Waals surface area contributed by atoms with E-state index >= 15 is 0 Å². The number of hydrogen-bond acceptors (Lipinski definition) is 2. The summed E-state index contributed by atoms with van der Waals surface area (Å²) >= 11 is 0. The molecule has 0 atom stereocenters. The summed E-state index contributed by atoms with van der Waals surface area (Å²) in [7, 11) is 1.76. The van der Waals surface area contributed by atoms with Gasteiger partial charge < -0.3 is 0 Å². The average molecular weight is 148 g/mol. The second-order valence-electron chi connectivity index (χ2n) is 2.18. The molecule has 1 rings (SSSR count). The van der Waals surface area contributed by atoms with Crippen LogP contribution in [0.3, 0.4) is 0 Å². The Balaban J connectivity index is 2.78. The van der Waals surface area contributed by atoms with Crippen molar-refractivity contribution in [3.63, 3.8) is 0 Å². The van der Waals surface area contributed by atoms with Gasteiger partial charge in [0.05, 0.1) is 6.42 Å². The Hall–Kier alpha value is -1.56. The van der Waals surface area contributed by atoms with Crippen LogP contribution in [0, 0.1) is 12.3 Å². The van der Waals surface area contributed by atoms with Crippen LogP contribution < -0.4 is 0 Å². The number of nitrogens with zero attached hydrogens (tertiary/aromatic N) is 2. The molecule has 0 saturated carbocycles. The normalized spacial score (nSPS) is 9.09. The lowest BCUT2D eigenvalue weighted by Gasteiger charge is -1.87. The molecular formula is C8H8N2O. The van der Waals surface area contributed by atoms with Gasteiger partial charge in [-0.3, -0.25) is 9.48 Å². The van der Waals surface area contributed by atoms with Crippen LogP contribution in [-0.2, 0) is 7.05 Å². The Bertz CT molecular complexity index is 306. The summed E-state index contributed by atoms with van der Waals surface area (Å²) in [5.41, 5.74) is 0.436. The Morgan fingerprint density at radius 3 is 3.09 bits per heavy atom. The quantitative estimate of drug-likeness (QED) is 0.455. The SMILES string of the molecule is C#CCC(=O)c1ccn(C)n1. The van der Waals surface area contributed by atoms with Crippen LogP contribution in [0.5, 0.6) is 0 Å². The second kappa shape index (κ2) is 3.02. The number of aromatic nitrogens is 2. The van der Waals surface area contributed by atoms with E-state index in [2.05, 4.69) is 11.0 Å². The van der Waals surface area contributed by atoms with Gasteiger partial charge in [-0.25, -0.2) is 0 Å². The molecule has 0 aliphatic rings. The first-order valence-corrected chi connectivity index (χ1v) is 3.20. The maximum Gasteiger partial charge on any atom is 0.194 e. The first-order chi connectivity index (χ1) is 5.24. The third-order valence-corrected chi connectivity index (χ3v) is 1.26.